The first-order valence-corrected chi connectivity index (χ1v) is 6.57. The maximum atomic E-state index is 9.15. The Bertz CT molecular complexity index is 414. The van der Waals surface area contributed by atoms with Crippen molar-refractivity contribution in [1.29, 1.82) is 0 Å². The fourth-order valence-electron chi connectivity index (χ4n) is 2.00. The van der Waals surface area contributed by atoms with E-state index >= 15 is 0 Å². The number of benzene rings is 1. The van der Waals surface area contributed by atoms with Gasteiger partial charge in [0.25, 0.3) is 0 Å². The van der Waals surface area contributed by atoms with E-state index in [1.165, 1.54) is 5.56 Å². The average Bonchev–Trinajstić information content (AvgIpc) is 2.39. The first kappa shape index (κ1) is 14.5. The van der Waals surface area contributed by atoms with Gasteiger partial charge in [-0.2, -0.15) is 0 Å². The highest BCUT2D eigenvalue weighted by molar-refractivity contribution is 5.28. The molecule has 106 valence electrons. The van der Waals surface area contributed by atoms with Gasteiger partial charge in [-0.3, -0.25) is 0 Å². The van der Waals surface area contributed by atoms with Crippen LogP contribution < -0.4 is 5.73 Å². The predicted molar refractivity (Wildman–Crippen MR) is 73.8 cm³/mol. The summed E-state index contributed by atoms with van der Waals surface area (Å²) in [7, 11) is 0. The van der Waals surface area contributed by atoms with Crippen molar-refractivity contribution in [2.24, 2.45) is 5.73 Å². The molecule has 0 bridgehead atoms. The van der Waals surface area contributed by atoms with Crippen molar-refractivity contribution in [1.82, 2.24) is 0 Å². The van der Waals surface area contributed by atoms with Crippen molar-refractivity contribution in [3.63, 3.8) is 0 Å². The second-order valence-corrected chi connectivity index (χ2v) is 6.35. The van der Waals surface area contributed by atoms with Gasteiger partial charge in [-0.25, -0.2) is 0 Å². The normalized spacial score (nSPS) is 28.4. The SMILES string of the molecule is CC(C)(C)c1ccc([C@H]2OC[C@](N)(CO)CO2)cc1. The zero-order valence-corrected chi connectivity index (χ0v) is 11.8. The van der Waals surface area contributed by atoms with Crippen LogP contribution in [-0.2, 0) is 14.9 Å². The van der Waals surface area contributed by atoms with E-state index in [9.17, 15) is 0 Å². The van der Waals surface area contributed by atoms with E-state index in [1.54, 1.807) is 0 Å². The Morgan fingerprint density at radius 1 is 1.21 bits per heavy atom. The van der Waals surface area contributed by atoms with Gasteiger partial charge in [-0.1, -0.05) is 45.0 Å². The second-order valence-electron chi connectivity index (χ2n) is 6.35. The van der Waals surface area contributed by atoms with E-state index < -0.39 is 11.8 Å². The summed E-state index contributed by atoms with van der Waals surface area (Å²) >= 11 is 0. The fraction of sp³-hybridized carbons (Fsp3) is 0.600. The molecule has 0 unspecified atom stereocenters. The Balaban J connectivity index is 2.04. The molecule has 2 rings (SSSR count). The molecule has 1 aliphatic heterocycles. The Labute approximate surface area is 114 Å². The van der Waals surface area contributed by atoms with Crippen LogP contribution in [0.25, 0.3) is 0 Å². The average molecular weight is 265 g/mol. The van der Waals surface area contributed by atoms with Gasteiger partial charge in [0.15, 0.2) is 6.29 Å². The minimum atomic E-state index is -0.776. The molecule has 19 heavy (non-hydrogen) atoms. The summed E-state index contributed by atoms with van der Waals surface area (Å²) in [5.74, 6) is 0. The van der Waals surface area contributed by atoms with Crippen molar-refractivity contribution in [2.75, 3.05) is 19.8 Å². The monoisotopic (exact) mass is 265 g/mol. The molecule has 1 aromatic carbocycles. The van der Waals surface area contributed by atoms with Crippen molar-refractivity contribution in [2.45, 2.75) is 38.0 Å². The van der Waals surface area contributed by atoms with Crippen molar-refractivity contribution in [3.8, 4) is 0 Å². The predicted octanol–water partition coefficient (Wildman–Crippen LogP) is 1.72. The van der Waals surface area contributed by atoms with Crippen LogP contribution in [0.5, 0.6) is 0 Å². The molecular formula is C15H23NO3. The number of aliphatic hydroxyl groups is 1. The van der Waals surface area contributed by atoms with Gasteiger partial charge in [0.05, 0.1) is 25.4 Å². The Morgan fingerprint density at radius 2 is 1.74 bits per heavy atom. The molecule has 4 nitrogen and oxygen atoms in total. The standard InChI is InChI=1S/C15H23NO3/c1-14(2,3)12-6-4-11(5-7-12)13-18-9-15(16,8-17)10-19-13/h4-7,13,17H,8-10,16H2,1-3H3/t13-,15+. The molecule has 3 N–H and O–H groups in total. The third kappa shape index (κ3) is 3.34. The molecule has 1 heterocycles. The minimum Gasteiger partial charge on any atom is -0.394 e. The Morgan fingerprint density at radius 3 is 2.16 bits per heavy atom. The van der Waals surface area contributed by atoms with Gasteiger partial charge in [-0.05, 0) is 11.0 Å². The number of aliphatic hydroxyl groups excluding tert-OH is 1. The van der Waals surface area contributed by atoms with Crippen LogP contribution in [0, 0.1) is 0 Å². The highest BCUT2D eigenvalue weighted by Crippen LogP contribution is 2.28. The summed E-state index contributed by atoms with van der Waals surface area (Å²) in [5, 5.41) is 9.15. The molecule has 0 atom stereocenters. The molecule has 1 fully saturated rings. The zero-order valence-electron chi connectivity index (χ0n) is 11.8. The van der Waals surface area contributed by atoms with E-state index in [2.05, 4.69) is 32.9 Å². The van der Waals surface area contributed by atoms with Crippen LogP contribution in [-0.4, -0.2) is 30.5 Å². The van der Waals surface area contributed by atoms with E-state index in [4.69, 9.17) is 20.3 Å². The Kier molecular flexibility index (Phi) is 3.97. The third-order valence-corrected chi connectivity index (χ3v) is 3.41. The Hall–Kier alpha value is -0.940. The number of nitrogens with two attached hydrogens (primary N) is 1. The van der Waals surface area contributed by atoms with Gasteiger partial charge in [0.1, 0.15) is 0 Å². The molecule has 1 aromatic rings. The zero-order chi connectivity index (χ0) is 14.1. The molecule has 0 aliphatic carbocycles. The fourth-order valence-corrected chi connectivity index (χ4v) is 2.00. The molecule has 1 aliphatic rings. The van der Waals surface area contributed by atoms with E-state index in [0.29, 0.717) is 13.2 Å². The lowest BCUT2D eigenvalue weighted by Gasteiger charge is -2.36. The maximum Gasteiger partial charge on any atom is 0.183 e. The maximum absolute atomic E-state index is 9.15. The van der Waals surface area contributed by atoms with Crippen LogP contribution in [0.1, 0.15) is 38.2 Å². The highest BCUT2D eigenvalue weighted by atomic mass is 16.7. The number of rotatable bonds is 2. The number of hydrogen-bond donors (Lipinski definition) is 2. The molecule has 0 amide bonds. The van der Waals surface area contributed by atoms with Crippen LogP contribution in [0.2, 0.25) is 0 Å². The summed E-state index contributed by atoms with van der Waals surface area (Å²) in [6.07, 6.45) is -0.391. The van der Waals surface area contributed by atoms with Gasteiger partial charge >= 0.3 is 0 Å². The van der Waals surface area contributed by atoms with Crippen LogP contribution in [0.15, 0.2) is 24.3 Å². The first-order valence-electron chi connectivity index (χ1n) is 6.57. The molecule has 4 heteroatoms. The minimum absolute atomic E-state index is 0.135. The molecule has 0 spiro atoms. The summed E-state index contributed by atoms with van der Waals surface area (Å²) in [5.41, 5.74) is 7.49. The summed E-state index contributed by atoms with van der Waals surface area (Å²) < 4.78 is 11.2. The number of ether oxygens (including phenoxy) is 2. The lowest BCUT2D eigenvalue weighted by Crippen LogP contribution is -2.55. The van der Waals surface area contributed by atoms with Crippen LogP contribution >= 0.6 is 0 Å². The first-order chi connectivity index (χ1) is 8.84. The third-order valence-electron chi connectivity index (χ3n) is 3.41. The van der Waals surface area contributed by atoms with Crippen molar-refractivity contribution < 1.29 is 14.6 Å². The van der Waals surface area contributed by atoms with Crippen LogP contribution in [0.4, 0.5) is 0 Å². The van der Waals surface area contributed by atoms with E-state index in [0.717, 1.165) is 5.56 Å². The van der Waals surface area contributed by atoms with Gasteiger partial charge in [0, 0.05) is 5.56 Å². The van der Waals surface area contributed by atoms with Crippen LogP contribution in [0.3, 0.4) is 0 Å². The lowest BCUT2D eigenvalue weighted by molar-refractivity contribution is -0.216. The largest absolute Gasteiger partial charge is 0.394 e. The highest BCUT2D eigenvalue weighted by Gasteiger charge is 2.33. The van der Waals surface area contributed by atoms with E-state index in [-0.39, 0.29) is 12.0 Å². The van der Waals surface area contributed by atoms with Gasteiger partial charge in [0.2, 0.25) is 0 Å². The molecule has 0 aromatic heterocycles. The second kappa shape index (κ2) is 5.21. The van der Waals surface area contributed by atoms with Gasteiger partial charge in [-0.15, -0.1) is 0 Å². The molecule has 1 saturated heterocycles. The van der Waals surface area contributed by atoms with Crippen molar-refractivity contribution >= 4 is 0 Å². The lowest BCUT2D eigenvalue weighted by atomic mass is 9.86. The summed E-state index contributed by atoms with van der Waals surface area (Å²) in [6, 6.07) is 8.23. The van der Waals surface area contributed by atoms with E-state index in [1.807, 2.05) is 12.1 Å². The quantitative estimate of drug-likeness (QED) is 0.854. The molecule has 0 saturated carbocycles. The summed E-state index contributed by atoms with van der Waals surface area (Å²) in [4.78, 5) is 0. The molecule has 0 radical (unpaired) electrons. The van der Waals surface area contributed by atoms with Gasteiger partial charge < -0.3 is 20.3 Å². The summed E-state index contributed by atoms with van der Waals surface area (Å²) in [6.45, 7) is 7.01. The number of hydrogen-bond acceptors (Lipinski definition) is 4. The van der Waals surface area contributed by atoms with Crippen molar-refractivity contribution in [3.05, 3.63) is 35.4 Å². The topological polar surface area (TPSA) is 64.7 Å². The molecular weight excluding hydrogens is 242 g/mol. The smallest absolute Gasteiger partial charge is 0.183 e.